The van der Waals surface area contributed by atoms with Crippen LogP contribution in [0.2, 0.25) is 0 Å². The molecule has 0 aromatic heterocycles. The van der Waals surface area contributed by atoms with Gasteiger partial charge in [0.2, 0.25) is 0 Å². The average Bonchev–Trinajstić information content (AvgIpc) is 2.97. The number of hydrogen-bond donors (Lipinski definition) is 1. The third-order valence-electron chi connectivity index (χ3n) is 5.77. The van der Waals surface area contributed by atoms with Gasteiger partial charge in [0.25, 0.3) is 0 Å². The van der Waals surface area contributed by atoms with E-state index in [1.165, 1.54) is 11.8 Å². The second-order valence-electron chi connectivity index (χ2n) is 8.30. The molecule has 1 amide bonds. The molecular formula is C21H29NO5. The van der Waals surface area contributed by atoms with Crippen LogP contribution in [0, 0.1) is 18.3 Å². The van der Waals surface area contributed by atoms with Crippen molar-refractivity contribution in [3.8, 4) is 0 Å². The third kappa shape index (κ3) is 3.57. The van der Waals surface area contributed by atoms with Crippen LogP contribution in [0.15, 0.2) is 18.2 Å². The van der Waals surface area contributed by atoms with Crippen molar-refractivity contribution in [2.24, 2.45) is 11.3 Å². The largest absolute Gasteiger partial charge is 0.465 e. The SMILES string of the molecule is CCOC(=O)c1ccc(C)c([C@@]2(C(C)(C)C)CN(C(=O)O)C[C@H]2C(C)=O)c1. The summed E-state index contributed by atoms with van der Waals surface area (Å²) in [5, 5.41) is 9.58. The van der Waals surface area contributed by atoms with Crippen molar-refractivity contribution in [2.45, 2.75) is 47.0 Å². The first kappa shape index (κ1) is 20.9. The van der Waals surface area contributed by atoms with E-state index in [1.807, 2.05) is 33.8 Å². The van der Waals surface area contributed by atoms with Crippen LogP contribution < -0.4 is 0 Å². The molecule has 1 N–H and O–H groups in total. The number of nitrogens with zero attached hydrogens (tertiary/aromatic N) is 1. The number of hydrogen-bond acceptors (Lipinski definition) is 4. The number of rotatable bonds is 4. The van der Waals surface area contributed by atoms with Crippen LogP contribution in [0.1, 0.15) is 56.1 Å². The second-order valence-corrected chi connectivity index (χ2v) is 8.30. The fraction of sp³-hybridized carbons (Fsp3) is 0.571. The minimum absolute atomic E-state index is 0.0467. The van der Waals surface area contributed by atoms with Crippen LogP contribution >= 0.6 is 0 Å². The van der Waals surface area contributed by atoms with E-state index in [0.29, 0.717) is 5.56 Å². The highest BCUT2D eigenvalue weighted by Gasteiger charge is 2.58. The number of aryl methyl sites for hydroxylation is 1. The molecule has 0 unspecified atom stereocenters. The van der Waals surface area contributed by atoms with Crippen LogP contribution in [-0.2, 0) is 14.9 Å². The van der Waals surface area contributed by atoms with Gasteiger partial charge in [-0.05, 0) is 49.4 Å². The van der Waals surface area contributed by atoms with Crippen LogP contribution in [0.25, 0.3) is 0 Å². The molecule has 1 saturated heterocycles. The molecule has 0 aliphatic carbocycles. The predicted octanol–water partition coefficient (Wildman–Crippen LogP) is 3.65. The number of ketones is 1. The first-order chi connectivity index (χ1) is 12.5. The molecule has 0 radical (unpaired) electrons. The minimum atomic E-state index is -1.04. The van der Waals surface area contributed by atoms with Gasteiger partial charge in [0.05, 0.1) is 12.2 Å². The molecule has 0 spiro atoms. The maximum atomic E-state index is 12.6. The molecule has 1 heterocycles. The molecule has 1 aliphatic rings. The van der Waals surface area contributed by atoms with E-state index in [0.717, 1.165) is 11.1 Å². The lowest BCUT2D eigenvalue weighted by atomic mass is 9.56. The lowest BCUT2D eigenvalue weighted by Gasteiger charge is -2.46. The maximum absolute atomic E-state index is 12.6. The van der Waals surface area contributed by atoms with Crippen LogP contribution in [0.3, 0.4) is 0 Å². The van der Waals surface area contributed by atoms with Crippen molar-refractivity contribution in [2.75, 3.05) is 19.7 Å². The van der Waals surface area contributed by atoms with Crippen molar-refractivity contribution in [1.29, 1.82) is 0 Å². The van der Waals surface area contributed by atoms with Gasteiger partial charge in [-0.3, -0.25) is 4.79 Å². The third-order valence-corrected chi connectivity index (χ3v) is 5.77. The molecule has 1 aromatic rings. The topological polar surface area (TPSA) is 83.9 Å². The summed E-state index contributed by atoms with van der Waals surface area (Å²) in [6.45, 7) is 11.9. The number of carbonyl (C=O) groups excluding carboxylic acids is 2. The summed E-state index contributed by atoms with van der Waals surface area (Å²) in [7, 11) is 0. The van der Waals surface area contributed by atoms with E-state index in [9.17, 15) is 19.5 Å². The molecule has 6 nitrogen and oxygen atoms in total. The van der Waals surface area contributed by atoms with Gasteiger partial charge in [-0.2, -0.15) is 0 Å². The molecule has 148 valence electrons. The highest BCUT2D eigenvalue weighted by Crippen LogP contribution is 2.52. The zero-order valence-electron chi connectivity index (χ0n) is 17.0. The highest BCUT2D eigenvalue weighted by molar-refractivity contribution is 5.90. The first-order valence-electron chi connectivity index (χ1n) is 9.22. The first-order valence-corrected chi connectivity index (χ1v) is 9.22. The lowest BCUT2D eigenvalue weighted by molar-refractivity contribution is -0.123. The van der Waals surface area contributed by atoms with Gasteiger partial charge in [-0.1, -0.05) is 26.8 Å². The number of carboxylic acid groups (broad SMARTS) is 1. The van der Waals surface area contributed by atoms with Crippen molar-refractivity contribution in [3.63, 3.8) is 0 Å². The summed E-state index contributed by atoms with van der Waals surface area (Å²) >= 11 is 0. The van der Waals surface area contributed by atoms with Gasteiger partial charge >= 0.3 is 12.1 Å². The zero-order chi connectivity index (χ0) is 20.6. The van der Waals surface area contributed by atoms with E-state index in [4.69, 9.17) is 4.74 Å². The summed E-state index contributed by atoms with van der Waals surface area (Å²) in [4.78, 5) is 37.9. The van der Waals surface area contributed by atoms with Gasteiger partial charge in [0.15, 0.2) is 0 Å². The van der Waals surface area contributed by atoms with Crippen LogP contribution in [0.4, 0.5) is 4.79 Å². The summed E-state index contributed by atoms with van der Waals surface area (Å²) in [5.41, 5.74) is 1.04. The van der Waals surface area contributed by atoms with E-state index in [-0.39, 0.29) is 25.5 Å². The van der Waals surface area contributed by atoms with Gasteiger partial charge in [-0.25, -0.2) is 9.59 Å². The number of likely N-dealkylation sites (tertiary alicyclic amines) is 1. The number of benzene rings is 1. The molecule has 0 bridgehead atoms. The number of ether oxygens (including phenoxy) is 1. The molecule has 2 rings (SSSR count). The van der Waals surface area contributed by atoms with Gasteiger partial charge in [-0.15, -0.1) is 0 Å². The fourth-order valence-electron chi connectivity index (χ4n) is 4.35. The van der Waals surface area contributed by atoms with Crippen LogP contribution in [0.5, 0.6) is 0 Å². The Bertz CT molecular complexity index is 764. The van der Waals surface area contributed by atoms with Gasteiger partial charge < -0.3 is 14.7 Å². The van der Waals surface area contributed by atoms with E-state index in [2.05, 4.69) is 0 Å². The standard InChI is InChI=1S/C21H29NO5/c1-7-27-18(24)15-9-8-13(2)16(10-15)21(20(4,5)6)12-22(19(25)26)11-17(21)14(3)23/h8-10,17H,7,11-12H2,1-6H3,(H,25,26)/t17-,21-/m0/s1. The number of carbonyl (C=O) groups is 3. The van der Waals surface area contributed by atoms with Crippen molar-refractivity contribution in [1.82, 2.24) is 4.90 Å². The molecule has 1 aromatic carbocycles. The summed E-state index contributed by atoms with van der Waals surface area (Å²) in [6.07, 6.45) is -1.04. The van der Waals surface area contributed by atoms with E-state index < -0.39 is 28.8 Å². The maximum Gasteiger partial charge on any atom is 0.407 e. The monoisotopic (exact) mass is 375 g/mol. The Kier molecular flexibility index (Phi) is 5.68. The van der Waals surface area contributed by atoms with E-state index >= 15 is 0 Å². The Morgan fingerprint density at radius 1 is 1.30 bits per heavy atom. The molecule has 1 fully saturated rings. The Morgan fingerprint density at radius 2 is 1.93 bits per heavy atom. The molecular weight excluding hydrogens is 346 g/mol. The second kappa shape index (κ2) is 7.33. The predicted molar refractivity (Wildman–Crippen MR) is 102 cm³/mol. The van der Waals surface area contributed by atoms with Gasteiger partial charge in [0, 0.05) is 24.4 Å². The Hall–Kier alpha value is -2.37. The van der Waals surface area contributed by atoms with E-state index in [1.54, 1.807) is 19.1 Å². The molecule has 27 heavy (non-hydrogen) atoms. The van der Waals surface area contributed by atoms with Crippen LogP contribution in [-0.4, -0.2) is 47.5 Å². The number of esters is 1. The Labute approximate surface area is 160 Å². The summed E-state index contributed by atoms with van der Waals surface area (Å²) in [5.74, 6) is -0.949. The summed E-state index contributed by atoms with van der Waals surface area (Å²) < 4.78 is 5.13. The smallest absolute Gasteiger partial charge is 0.407 e. The Balaban J connectivity index is 2.74. The average molecular weight is 375 g/mol. The normalized spacial score (nSPS) is 22.6. The molecule has 6 heteroatoms. The molecule has 2 atom stereocenters. The van der Waals surface area contributed by atoms with Crippen molar-refractivity contribution < 1.29 is 24.2 Å². The Morgan fingerprint density at radius 3 is 2.41 bits per heavy atom. The molecule has 0 saturated carbocycles. The zero-order valence-corrected chi connectivity index (χ0v) is 17.0. The highest BCUT2D eigenvalue weighted by atomic mass is 16.5. The minimum Gasteiger partial charge on any atom is -0.465 e. The van der Waals surface area contributed by atoms with Crippen molar-refractivity contribution >= 4 is 17.8 Å². The quantitative estimate of drug-likeness (QED) is 0.812. The van der Waals surface area contributed by atoms with Crippen molar-refractivity contribution in [3.05, 3.63) is 34.9 Å². The lowest BCUT2D eigenvalue weighted by Crippen LogP contribution is -2.49. The number of amides is 1. The summed E-state index contributed by atoms with van der Waals surface area (Å²) in [6, 6.07) is 5.33. The van der Waals surface area contributed by atoms with Gasteiger partial charge in [0.1, 0.15) is 5.78 Å². The fourth-order valence-corrected chi connectivity index (χ4v) is 4.35. The molecule has 1 aliphatic heterocycles. The number of Topliss-reactive ketones (excluding diaryl/α,β-unsaturated/α-hetero) is 1.